The SMILES string of the molecule is CC(O)CC1(C)OCC(CF)N(Cc2ccccc2)C1=O. The van der Waals surface area contributed by atoms with Gasteiger partial charge in [-0.15, -0.1) is 0 Å². The molecule has 0 spiro atoms. The average Bonchev–Trinajstić information content (AvgIpc) is 2.45. The zero-order valence-electron chi connectivity index (χ0n) is 12.5. The normalized spacial score (nSPS) is 27.7. The topological polar surface area (TPSA) is 49.8 Å². The van der Waals surface area contributed by atoms with Crippen LogP contribution in [-0.2, 0) is 16.1 Å². The van der Waals surface area contributed by atoms with Crippen molar-refractivity contribution in [3.63, 3.8) is 0 Å². The third kappa shape index (κ3) is 3.60. The van der Waals surface area contributed by atoms with Crippen LogP contribution in [0.15, 0.2) is 30.3 Å². The van der Waals surface area contributed by atoms with E-state index in [2.05, 4.69) is 0 Å². The summed E-state index contributed by atoms with van der Waals surface area (Å²) in [4.78, 5) is 14.2. The number of rotatable bonds is 5. The maximum Gasteiger partial charge on any atom is 0.255 e. The Kier molecular flexibility index (Phi) is 4.96. The first kappa shape index (κ1) is 15.9. The summed E-state index contributed by atoms with van der Waals surface area (Å²) in [5.74, 6) is -0.263. The van der Waals surface area contributed by atoms with Gasteiger partial charge in [0, 0.05) is 13.0 Å². The van der Waals surface area contributed by atoms with Gasteiger partial charge in [0.2, 0.25) is 0 Å². The van der Waals surface area contributed by atoms with E-state index >= 15 is 0 Å². The van der Waals surface area contributed by atoms with Gasteiger partial charge in [0.05, 0.1) is 18.8 Å². The largest absolute Gasteiger partial charge is 0.393 e. The number of hydrogen-bond acceptors (Lipinski definition) is 3. The molecule has 1 amide bonds. The molecule has 3 atom stereocenters. The van der Waals surface area contributed by atoms with Crippen molar-refractivity contribution in [2.75, 3.05) is 13.3 Å². The summed E-state index contributed by atoms with van der Waals surface area (Å²) < 4.78 is 18.8. The lowest BCUT2D eigenvalue weighted by Gasteiger charge is -2.44. The number of alkyl halides is 1. The van der Waals surface area contributed by atoms with Crippen LogP contribution in [0.4, 0.5) is 4.39 Å². The van der Waals surface area contributed by atoms with E-state index in [4.69, 9.17) is 4.74 Å². The van der Waals surface area contributed by atoms with Crippen LogP contribution in [0.5, 0.6) is 0 Å². The number of benzene rings is 1. The molecule has 1 saturated heterocycles. The van der Waals surface area contributed by atoms with Gasteiger partial charge in [-0.3, -0.25) is 4.79 Å². The van der Waals surface area contributed by atoms with Crippen LogP contribution in [0, 0.1) is 0 Å². The fourth-order valence-corrected chi connectivity index (χ4v) is 2.72. The molecule has 0 aliphatic carbocycles. The van der Waals surface area contributed by atoms with E-state index in [1.165, 1.54) is 4.90 Å². The highest BCUT2D eigenvalue weighted by Crippen LogP contribution is 2.29. The average molecular weight is 295 g/mol. The Labute approximate surface area is 124 Å². The predicted octanol–water partition coefficient (Wildman–Crippen LogP) is 1.91. The highest BCUT2D eigenvalue weighted by atomic mass is 19.1. The van der Waals surface area contributed by atoms with Crippen LogP contribution in [0.2, 0.25) is 0 Å². The molecule has 1 heterocycles. The quantitative estimate of drug-likeness (QED) is 0.903. The van der Waals surface area contributed by atoms with Crippen molar-refractivity contribution in [2.24, 2.45) is 0 Å². The van der Waals surface area contributed by atoms with Crippen LogP contribution in [-0.4, -0.2) is 46.9 Å². The minimum absolute atomic E-state index is 0.151. The van der Waals surface area contributed by atoms with Gasteiger partial charge in [0.1, 0.15) is 12.3 Å². The third-order valence-corrected chi connectivity index (χ3v) is 3.81. The Balaban J connectivity index is 2.20. The Morgan fingerprint density at radius 1 is 1.48 bits per heavy atom. The number of nitrogens with zero attached hydrogens (tertiary/aromatic N) is 1. The lowest BCUT2D eigenvalue weighted by molar-refractivity contribution is -0.183. The number of halogens is 1. The molecule has 21 heavy (non-hydrogen) atoms. The molecule has 116 valence electrons. The molecule has 0 saturated carbocycles. The van der Waals surface area contributed by atoms with E-state index in [-0.39, 0.29) is 18.9 Å². The Morgan fingerprint density at radius 2 is 2.14 bits per heavy atom. The maximum atomic E-state index is 13.2. The van der Waals surface area contributed by atoms with E-state index in [0.29, 0.717) is 6.54 Å². The summed E-state index contributed by atoms with van der Waals surface area (Å²) in [5.41, 5.74) is -0.139. The first-order valence-electron chi connectivity index (χ1n) is 7.19. The zero-order valence-corrected chi connectivity index (χ0v) is 12.5. The first-order chi connectivity index (χ1) is 9.96. The fraction of sp³-hybridized carbons (Fsp3) is 0.562. The minimum atomic E-state index is -1.09. The second-order valence-electron chi connectivity index (χ2n) is 5.82. The molecule has 1 aromatic carbocycles. The molecule has 0 bridgehead atoms. The van der Waals surface area contributed by atoms with Crippen molar-refractivity contribution in [2.45, 2.75) is 44.6 Å². The molecule has 1 N–H and O–H groups in total. The smallest absolute Gasteiger partial charge is 0.255 e. The minimum Gasteiger partial charge on any atom is -0.393 e. The molecule has 0 aromatic heterocycles. The molecule has 1 fully saturated rings. The molecule has 1 aliphatic rings. The summed E-state index contributed by atoms with van der Waals surface area (Å²) in [6, 6.07) is 8.92. The number of carbonyl (C=O) groups excluding carboxylic acids is 1. The lowest BCUT2D eigenvalue weighted by atomic mass is 9.93. The Hall–Kier alpha value is -1.46. The van der Waals surface area contributed by atoms with E-state index in [1.54, 1.807) is 13.8 Å². The number of aliphatic hydroxyl groups is 1. The maximum absolute atomic E-state index is 13.2. The molecule has 1 aromatic rings. The highest BCUT2D eigenvalue weighted by molar-refractivity contribution is 5.86. The van der Waals surface area contributed by atoms with Crippen LogP contribution >= 0.6 is 0 Å². The number of ether oxygens (including phenoxy) is 1. The van der Waals surface area contributed by atoms with Crippen molar-refractivity contribution in [3.05, 3.63) is 35.9 Å². The number of morpholine rings is 1. The fourth-order valence-electron chi connectivity index (χ4n) is 2.72. The van der Waals surface area contributed by atoms with Gasteiger partial charge in [-0.25, -0.2) is 4.39 Å². The van der Waals surface area contributed by atoms with Crippen molar-refractivity contribution >= 4 is 5.91 Å². The number of aliphatic hydroxyl groups excluding tert-OH is 1. The molecule has 4 nitrogen and oxygen atoms in total. The molecular formula is C16H22FNO3. The van der Waals surface area contributed by atoms with E-state index in [1.807, 2.05) is 30.3 Å². The summed E-state index contributed by atoms with van der Waals surface area (Å²) in [6.45, 7) is 3.15. The van der Waals surface area contributed by atoms with E-state index < -0.39 is 24.4 Å². The summed E-state index contributed by atoms with van der Waals surface area (Å²) in [6.07, 6.45) is -0.449. The van der Waals surface area contributed by atoms with E-state index in [9.17, 15) is 14.3 Å². The second kappa shape index (κ2) is 6.54. The van der Waals surface area contributed by atoms with Crippen LogP contribution in [0.3, 0.4) is 0 Å². The van der Waals surface area contributed by atoms with Gasteiger partial charge in [-0.2, -0.15) is 0 Å². The summed E-state index contributed by atoms with van der Waals surface area (Å²) >= 11 is 0. The number of carbonyl (C=O) groups is 1. The van der Waals surface area contributed by atoms with Gasteiger partial charge in [0.15, 0.2) is 0 Å². The highest BCUT2D eigenvalue weighted by Gasteiger charge is 2.45. The Morgan fingerprint density at radius 3 is 2.71 bits per heavy atom. The van der Waals surface area contributed by atoms with Gasteiger partial charge in [-0.1, -0.05) is 30.3 Å². The van der Waals surface area contributed by atoms with Crippen molar-refractivity contribution < 1.29 is 19.0 Å². The van der Waals surface area contributed by atoms with Crippen molar-refractivity contribution in [3.8, 4) is 0 Å². The third-order valence-electron chi connectivity index (χ3n) is 3.81. The van der Waals surface area contributed by atoms with Crippen molar-refractivity contribution in [1.82, 2.24) is 4.90 Å². The second-order valence-corrected chi connectivity index (χ2v) is 5.82. The number of amides is 1. The molecule has 2 rings (SSSR count). The summed E-state index contributed by atoms with van der Waals surface area (Å²) in [7, 11) is 0. The van der Waals surface area contributed by atoms with Crippen LogP contribution in [0.1, 0.15) is 25.8 Å². The van der Waals surface area contributed by atoms with Gasteiger partial charge in [0.25, 0.3) is 5.91 Å². The van der Waals surface area contributed by atoms with Crippen molar-refractivity contribution in [1.29, 1.82) is 0 Å². The Bertz CT molecular complexity index is 480. The molecular weight excluding hydrogens is 273 g/mol. The van der Waals surface area contributed by atoms with Gasteiger partial charge < -0.3 is 14.7 Å². The molecule has 5 heteroatoms. The zero-order chi connectivity index (χ0) is 15.5. The van der Waals surface area contributed by atoms with Gasteiger partial charge >= 0.3 is 0 Å². The first-order valence-corrected chi connectivity index (χ1v) is 7.19. The van der Waals surface area contributed by atoms with Gasteiger partial charge in [-0.05, 0) is 19.4 Å². The van der Waals surface area contributed by atoms with Crippen LogP contribution < -0.4 is 0 Å². The monoisotopic (exact) mass is 295 g/mol. The predicted molar refractivity (Wildman–Crippen MR) is 77.4 cm³/mol. The van der Waals surface area contributed by atoms with Crippen LogP contribution in [0.25, 0.3) is 0 Å². The molecule has 0 radical (unpaired) electrons. The lowest BCUT2D eigenvalue weighted by Crippen LogP contribution is -2.60. The number of hydrogen-bond donors (Lipinski definition) is 1. The standard InChI is InChI=1S/C16H22FNO3/c1-12(19)8-16(2)15(20)18(14(9-17)11-21-16)10-13-6-4-3-5-7-13/h3-7,12,14,19H,8-11H2,1-2H3. The molecule has 3 unspecified atom stereocenters. The van der Waals surface area contributed by atoms with E-state index in [0.717, 1.165) is 5.56 Å². The summed E-state index contributed by atoms with van der Waals surface area (Å²) in [5, 5.41) is 9.56. The molecule has 1 aliphatic heterocycles.